The molecule has 0 radical (unpaired) electrons. The van der Waals surface area contributed by atoms with Gasteiger partial charge in [0.15, 0.2) is 5.82 Å². The highest BCUT2D eigenvalue weighted by atomic mass is 35.5. The van der Waals surface area contributed by atoms with E-state index in [1.807, 2.05) is 16.8 Å². The van der Waals surface area contributed by atoms with E-state index >= 15 is 0 Å². The molecule has 20 heavy (non-hydrogen) atoms. The first-order valence-electron chi connectivity index (χ1n) is 6.86. The van der Waals surface area contributed by atoms with Crippen LogP contribution in [0.5, 0.6) is 0 Å². The molecule has 2 atom stereocenters. The summed E-state index contributed by atoms with van der Waals surface area (Å²) in [6.07, 6.45) is 2.16. The summed E-state index contributed by atoms with van der Waals surface area (Å²) < 4.78 is 1.83. The Labute approximate surface area is 124 Å². The number of halogens is 1. The molecule has 1 aromatic heterocycles. The molecule has 0 saturated carbocycles. The maximum atomic E-state index is 6.26. The van der Waals surface area contributed by atoms with Crippen LogP contribution < -0.4 is 5.73 Å². The van der Waals surface area contributed by atoms with Gasteiger partial charge in [0, 0.05) is 5.56 Å². The fraction of sp³-hybridized carbons (Fsp3) is 0.500. The highest BCUT2D eigenvalue weighted by Crippen LogP contribution is 2.32. The predicted octanol–water partition coefficient (Wildman–Crippen LogP) is 3.57. The molecule has 0 fully saturated rings. The van der Waals surface area contributed by atoms with Crippen LogP contribution in [0.2, 0.25) is 5.02 Å². The van der Waals surface area contributed by atoms with Crippen molar-refractivity contribution in [1.29, 1.82) is 0 Å². The number of nitrogens with two attached hydrogens (primary N) is 1. The Bertz CT molecular complexity index is 581. The van der Waals surface area contributed by atoms with Crippen LogP contribution in [0.3, 0.4) is 0 Å². The van der Waals surface area contributed by atoms with Gasteiger partial charge in [0.2, 0.25) is 0 Å². The molecule has 0 aliphatic carbocycles. The van der Waals surface area contributed by atoms with Gasteiger partial charge in [0.25, 0.3) is 0 Å². The SMILES string of the molecule is CCC(C)CC(C)n1nnnc1-c1cccc(N)c1Cl. The Morgan fingerprint density at radius 3 is 2.80 bits per heavy atom. The lowest BCUT2D eigenvalue weighted by atomic mass is 10.0. The monoisotopic (exact) mass is 293 g/mol. The van der Waals surface area contributed by atoms with Gasteiger partial charge in [-0.2, -0.15) is 0 Å². The molecule has 1 aromatic carbocycles. The smallest absolute Gasteiger partial charge is 0.183 e. The van der Waals surface area contributed by atoms with Crippen molar-refractivity contribution in [3.63, 3.8) is 0 Å². The number of aromatic nitrogens is 4. The minimum absolute atomic E-state index is 0.215. The molecule has 0 amide bonds. The number of tetrazole rings is 1. The Hall–Kier alpha value is -1.62. The number of nitrogen functional groups attached to an aromatic ring is 1. The van der Waals surface area contributed by atoms with E-state index in [-0.39, 0.29) is 6.04 Å². The molecule has 2 unspecified atom stereocenters. The van der Waals surface area contributed by atoms with Crippen molar-refractivity contribution < 1.29 is 0 Å². The van der Waals surface area contributed by atoms with Crippen molar-refractivity contribution in [3.05, 3.63) is 23.2 Å². The van der Waals surface area contributed by atoms with Crippen molar-refractivity contribution in [1.82, 2.24) is 20.2 Å². The zero-order valence-corrected chi connectivity index (χ0v) is 12.8. The van der Waals surface area contributed by atoms with Crippen LogP contribution in [0.1, 0.15) is 39.7 Å². The molecule has 1 heterocycles. The van der Waals surface area contributed by atoms with E-state index in [1.54, 1.807) is 6.07 Å². The first-order chi connectivity index (χ1) is 9.54. The van der Waals surface area contributed by atoms with Crippen LogP contribution in [0.4, 0.5) is 5.69 Å². The average molecular weight is 294 g/mol. The van der Waals surface area contributed by atoms with Crippen LogP contribution in [0.15, 0.2) is 18.2 Å². The fourth-order valence-corrected chi connectivity index (χ4v) is 2.45. The Morgan fingerprint density at radius 2 is 2.10 bits per heavy atom. The fourth-order valence-electron chi connectivity index (χ4n) is 2.24. The summed E-state index contributed by atoms with van der Waals surface area (Å²) in [5.74, 6) is 1.29. The topological polar surface area (TPSA) is 69.6 Å². The van der Waals surface area contributed by atoms with Gasteiger partial charge in [-0.3, -0.25) is 0 Å². The van der Waals surface area contributed by atoms with Crippen molar-refractivity contribution in [2.24, 2.45) is 5.92 Å². The average Bonchev–Trinajstić information content (AvgIpc) is 2.91. The summed E-state index contributed by atoms with van der Waals surface area (Å²) in [6, 6.07) is 5.72. The molecule has 5 nitrogen and oxygen atoms in total. The summed E-state index contributed by atoms with van der Waals surface area (Å²) >= 11 is 6.26. The lowest BCUT2D eigenvalue weighted by Gasteiger charge is -2.17. The summed E-state index contributed by atoms with van der Waals surface area (Å²) in [5.41, 5.74) is 7.15. The van der Waals surface area contributed by atoms with E-state index < -0.39 is 0 Å². The molecule has 0 bridgehead atoms. The lowest BCUT2D eigenvalue weighted by molar-refractivity contribution is 0.371. The van der Waals surface area contributed by atoms with Crippen LogP contribution in [0.25, 0.3) is 11.4 Å². The molecular formula is C14H20ClN5. The first-order valence-corrected chi connectivity index (χ1v) is 7.24. The number of hydrogen-bond donors (Lipinski definition) is 1. The van der Waals surface area contributed by atoms with E-state index in [2.05, 4.69) is 36.3 Å². The Kier molecular flexibility index (Phi) is 4.60. The number of benzene rings is 1. The third-order valence-electron chi connectivity index (χ3n) is 3.62. The second-order valence-electron chi connectivity index (χ2n) is 5.25. The maximum Gasteiger partial charge on any atom is 0.183 e. The normalized spacial score (nSPS) is 14.2. The van der Waals surface area contributed by atoms with Crippen LogP contribution in [-0.2, 0) is 0 Å². The second kappa shape index (κ2) is 6.22. The highest BCUT2D eigenvalue weighted by Gasteiger charge is 2.19. The molecule has 0 spiro atoms. The van der Waals surface area contributed by atoms with Gasteiger partial charge >= 0.3 is 0 Å². The molecule has 0 saturated heterocycles. The molecule has 2 aromatic rings. The molecule has 0 aliphatic rings. The third-order valence-corrected chi connectivity index (χ3v) is 4.04. The predicted molar refractivity (Wildman–Crippen MR) is 81.5 cm³/mol. The summed E-state index contributed by atoms with van der Waals surface area (Å²) in [6.45, 7) is 6.53. The number of anilines is 1. The van der Waals surface area contributed by atoms with Crippen molar-refractivity contribution in [3.8, 4) is 11.4 Å². The van der Waals surface area contributed by atoms with Gasteiger partial charge in [-0.15, -0.1) is 5.10 Å². The second-order valence-corrected chi connectivity index (χ2v) is 5.63. The van der Waals surface area contributed by atoms with Crippen LogP contribution >= 0.6 is 11.6 Å². The lowest BCUT2D eigenvalue weighted by Crippen LogP contribution is -2.12. The number of nitrogens with zero attached hydrogens (tertiary/aromatic N) is 4. The summed E-state index contributed by atoms with van der Waals surface area (Å²) in [4.78, 5) is 0. The zero-order valence-electron chi connectivity index (χ0n) is 12.0. The Balaban J connectivity index is 2.35. The molecule has 6 heteroatoms. The maximum absolute atomic E-state index is 6.26. The summed E-state index contributed by atoms with van der Waals surface area (Å²) in [5, 5.41) is 12.5. The van der Waals surface area contributed by atoms with Crippen LogP contribution in [-0.4, -0.2) is 20.2 Å². The zero-order chi connectivity index (χ0) is 14.7. The third kappa shape index (κ3) is 2.93. The van der Waals surface area contributed by atoms with E-state index in [4.69, 9.17) is 17.3 Å². The number of hydrogen-bond acceptors (Lipinski definition) is 4. The van der Waals surface area contributed by atoms with Gasteiger partial charge in [-0.1, -0.05) is 37.9 Å². The molecule has 0 aliphatic heterocycles. The van der Waals surface area contributed by atoms with E-state index in [0.717, 1.165) is 18.4 Å². The largest absolute Gasteiger partial charge is 0.398 e. The van der Waals surface area contributed by atoms with Crippen molar-refractivity contribution >= 4 is 17.3 Å². The summed E-state index contributed by atoms with van der Waals surface area (Å²) in [7, 11) is 0. The van der Waals surface area contributed by atoms with E-state index in [9.17, 15) is 0 Å². The van der Waals surface area contributed by atoms with Gasteiger partial charge in [0.05, 0.1) is 16.8 Å². The number of rotatable bonds is 5. The Morgan fingerprint density at radius 1 is 1.35 bits per heavy atom. The van der Waals surface area contributed by atoms with Crippen molar-refractivity contribution in [2.45, 2.75) is 39.7 Å². The molecule has 108 valence electrons. The highest BCUT2D eigenvalue weighted by molar-refractivity contribution is 6.35. The molecule has 2 rings (SSSR count). The molecule has 2 N–H and O–H groups in total. The quantitative estimate of drug-likeness (QED) is 0.856. The van der Waals surface area contributed by atoms with Gasteiger partial charge in [-0.05, 0) is 41.8 Å². The van der Waals surface area contributed by atoms with E-state index in [1.165, 1.54) is 0 Å². The molecular weight excluding hydrogens is 274 g/mol. The van der Waals surface area contributed by atoms with Gasteiger partial charge < -0.3 is 5.73 Å². The van der Waals surface area contributed by atoms with E-state index in [0.29, 0.717) is 22.5 Å². The first kappa shape index (κ1) is 14.8. The minimum atomic E-state index is 0.215. The minimum Gasteiger partial charge on any atom is -0.398 e. The van der Waals surface area contributed by atoms with Crippen LogP contribution in [0, 0.1) is 5.92 Å². The standard InChI is InChI=1S/C14H20ClN5/c1-4-9(2)8-10(3)20-14(17-18-19-20)11-6-5-7-12(16)13(11)15/h5-7,9-10H,4,8,16H2,1-3H3. The van der Waals surface area contributed by atoms with Gasteiger partial charge in [0.1, 0.15) is 0 Å². The van der Waals surface area contributed by atoms with Crippen molar-refractivity contribution in [2.75, 3.05) is 5.73 Å². The van der Waals surface area contributed by atoms with Gasteiger partial charge in [-0.25, -0.2) is 4.68 Å².